The molecule has 0 atom stereocenters. The van der Waals surface area contributed by atoms with Gasteiger partial charge in [-0.05, 0) is 16.1 Å². The number of halogens is 3. The van der Waals surface area contributed by atoms with Gasteiger partial charge in [0.25, 0.3) is 0 Å². The molecule has 4 rings (SSSR count). The average Bonchev–Trinajstić information content (AvgIpc) is 2.87. The average molecular weight is 459 g/mol. The smallest absolute Gasteiger partial charge is 1.00 e. The van der Waals surface area contributed by atoms with E-state index < -0.39 is 0 Å². The summed E-state index contributed by atoms with van der Waals surface area (Å²) in [5, 5.41) is 5.31. The molecule has 0 saturated heterocycles. The maximum absolute atomic E-state index is 3.54. The van der Waals surface area contributed by atoms with Crippen molar-refractivity contribution in [3.63, 3.8) is 0 Å². The van der Waals surface area contributed by atoms with E-state index in [1.54, 1.807) is 0 Å². The van der Waals surface area contributed by atoms with E-state index in [1.807, 2.05) is 0 Å². The maximum Gasteiger partial charge on any atom is 3.00 e. The van der Waals surface area contributed by atoms with Crippen LogP contribution in [0, 0.1) is 0 Å². The first-order chi connectivity index (χ1) is 8.75. The summed E-state index contributed by atoms with van der Waals surface area (Å²) in [7, 11) is 2.14. The first kappa shape index (κ1) is 18.8. The third-order valence-electron chi connectivity index (χ3n) is 3.71. The fraction of sp³-hybridized carbons (Fsp3) is 0.0625. The van der Waals surface area contributed by atoms with Crippen LogP contribution in [0.25, 0.3) is 32.6 Å². The summed E-state index contributed by atoms with van der Waals surface area (Å²) in [5.41, 5.74) is 2.63. The van der Waals surface area contributed by atoms with Gasteiger partial charge in [0.15, 0.2) is 0 Å². The zero-order valence-electron chi connectivity index (χ0n) is 11.2. The van der Waals surface area contributed by atoms with E-state index in [0.717, 1.165) is 4.47 Å². The van der Waals surface area contributed by atoms with Gasteiger partial charge in [-0.3, -0.25) is 0 Å². The van der Waals surface area contributed by atoms with Gasteiger partial charge in [0.1, 0.15) is 0 Å². The van der Waals surface area contributed by atoms with Crippen LogP contribution in [-0.2, 0) is 33.3 Å². The van der Waals surface area contributed by atoms with E-state index in [2.05, 4.69) is 76.1 Å². The number of hydrogen-bond donors (Lipinski definition) is 0. The van der Waals surface area contributed by atoms with Crippen LogP contribution >= 0.6 is 15.9 Å². The van der Waals surface area contributed by atoms with Crippen molar-refractivity contribution >= 4 is 48.5 Å². The second kappa shape index (κ2) is 6.92. The van der Waals surface area contributed by atoms with Gasteiger partial charge in [-0.1, -0.05) is 62.4 Å². The molecule has 1 radical (unpaired) electrons. The Labute approximate surface area is 163 Å². The zero-order valence-corrected chi connectivity index (χ0v) is 16.8. The number of nitrogens with zero attached hydrogens (tertiary/aromatic N) is 1. The van der Waals surface area contributed by atoms with Crippen molar-refractivity contribution < 1.29 is 51.0 Å². The molecule has 105 valence electrons. The summed E-state index contributed by atoms with van der Waals surface area (Å²) in [5.74, 6) is 0. The first-order valence-corrected chi connectivity index (χ1v) is 6.77. The molecule has 5 heteroatoms. The Morgan fingerprint density at radius 2 is 1.71 bits per heavy atom. The monoisotopic (exact) mass is 456 g/mol. The fourth-order valence-corrected chi connectivity index (χ4v) is 3.30. The molecule has 0 saturated carbocycles. The molecule has 0 bridgehead atoms. The second-order valence-electron chi connectivity index (χ2n) is 4.71. The SMILES string of the molecule is Cn1c2ccccc2c2[cH-]c3cc(Br)ccc3c21.[Cl-].[Cl-].[Zr+3]. The molecule has 21 heavy (non-hydrogen) atoms. The molecule has 3 aromatic carbocycles. The van der Waals surface area contributed by atoms with Crippen LogP contribution < -0.4 is 24.8 Å². The summed E-state index contributed by atoms with van der Waals surface area (Å²) in [4.78, 5) is 0. The predicted octanol–water partition coefficient (Wildman–Crippen LogP) is -1.03. The Kier molecular flexibility index (Phi) is 6.20. The summed E-state index contributed by atoms with van der Waals surface area (Å²) >= 11 is 3.54. The number of hydrogen-bond acceptors (Lipinski definition) is 0. The van der Waals surface area contributed by atoms with Crippen molar-refractivity contribution in [2.45, 2.75) is 0 Å². The number of fused-ring (bicyclic) bond motifs is 5. The molecule has 0 aliphatic carbocycles. The third kappa shape index (κ3) is 2.74. The molecule has 1 nitrogen and oxygen atoms in total. The van der Waals surface area contributed by atoms with Gasteiger partial charge < -0.3 is 29.4 Å². The second-order valence-corrected chi connectivity index (χ2v) is 5.63. The molecule has 1 heterocycles. The van der Waals surface area contributed by atoms with Crippen LogP contribution in [0.2, 0.25) is 0 Å². The Balaban J connectivity index is 0.000000735. The van der Waals surface area contributed by atoms with Crippen LogP contribution in [0.4, 0.5) is 0 Å². The van der Waals surface area contributed by atoms with E-state index in [1.165, 1.54) is 32.6 Å². The van der Waals surface area contributed by atoms with Crippen LogP contribution in [0.1, 0.15) is 0 Å². The minimum Gasteiger partial charge on any atom is -1.00 e. The molecule has 0 aliphatic rings. The van der Waals surface area contributed by atoms with Gasteiger partial charge >= 0.3 is 26.2 Å². The molecule has 0 amide bonds. The molecule has 0 aliphatic heterocycles. The van der Waals surface area contributed by atoms with E-state index in [9.17, 15) is 0 Å². The van der Waals surface area contributed by atoms with Crippen molar-refractivity contribution in [3.8, 4) is 0 Å². The maximum atomic E-state index is 3.54. The topological polar surface area (TPSA) is 4.93 Å². The number of para-hydroxylation sites is 1. The largest absolute Gasteiger partial charge is 3.00 e. The van der Waals surface area contributed by atoms with Crippen molar-refractivity contribution in [3.05, 3.63) is 53.0 Å². The van der Waals surface area contributed by atoms with Crippen molar-refractivity contribution in [2.24, 2.45) is 7.05 Å². The van der Waals surface area contributed by atoms with Gasteiger partial charge in [-0.25, -0.2) is 0 Å². The minimum absolute atomic E-state index is 0. The van der Waals surface area contributed by atoms with Crippen molar-refractivity contribution in [2.75, 3.05) is 0 Å². The molecule has 0 fully saturated rings. The van der Waals surface area contributed by atoms with Gasteiger partial charge in [-0.2, -0.15) is 0 Å². The summed E-state index contributed by atoms with van der Waals surface area (Å²) in [6.45, 7) is 0. The first-order valence-electron chi connectivity index (χ1n) is 5.98. The quantitative estimate of drug-likeness (QED) is 0.297. The van der Waals surface area contributed by atoms with E-state index in [-0.39, 0.29) is 51.0 Å². The van der Waals surface area contributed by atoms with E-state index >= 15 is 0 Å². The van der Waals surface area contributed by atoms with Gasteiger partial charge in [0.05, 0.1) is 0 Å². The Morgan fingerprint density at radius 1 is 1.00 bits per heavy atom. The Hall–Kier alpha value is -0.207. The number of benzene rings is 2. The van der Waals surface area contributed by atoms with Crippen molar-refractivity contribution in [1.29, 1.82) is 0 Å². The summed E-state index contributed by atoms with van der Waals surface area (Å²) in [6.07, 6.45) is 0. The van der Waals surface area contributed by atoms with E-state index in [0.29, 0.717) is 0 Å². The molecule has 1 aromatic heterocycles. The third-order valence-corrected chi connectivity index (χ3v) is 4.21. The standard InChI is InChI=1S/C16H11BrN.2ClH.Zr/c1-18-15-5-3-2-4-13(15)14-9-10-8-11(17)6-7-12(10)16(14)18;;;/h2-9H,1H3;2*1H;/q-1;;;+3/p-2. The number of rotatable bonds is 0. The minimum atomic E-state index is 0. The molecule has 0 spiro atoms. The van der Waals surface area contributed by atoms with E-state index in [4.69, 9.17) is 0 Å². The summed E-state index contributed by atoms with van der Waals surface area (Å²) in [6, 6.07) is 17.4. The van der Waals surface area contributed by atoms with Crippen LogP contribution in [0.15, 0.2) is 53.0 Å². The van der Waals surface area contributed by atoms with Crippen LogP contribution in [-0.4, -0.2) is 4.57 Å². The Morgan fingerprint density at radius 3 is 2.48 bits per heavy atom. The molecule has 0 N–H and O–H groups in total. The van der Waals surface area contributed by atoms with Gasteiger partial charge in [0, 0.05) is 12.6 Å². The Bertz CT molecular complexity index is 911. The fourth-order valence-electron chi connectivity index (χ4n) is 2.92. The molecular weight excluding hydrogens is 448 g/mol. The van der Waals surface area contributed by atoms with Crippen LogP contribution in [0.3, 0.4) is 0 Å². The molecule has 0 unspecified atom stereocenters. The number of aryl methyl sites for hydroxylation is 1. The van der Waals surface area contributed by atoms with Crippen molar-refractivity contribution in [1.82, 2.24) is 4.57 Å². The molecule has 4 aromatic rings. The molecular formula is C16H11BrCl2NZr. The van der Waals surface area contributed by atoms with Gasteiger partial charge in [-0.15, -0.1) is 17.5 Å². The predicted molar refractivity (Wildman–Crippen MR) is 81.2 cm³/mol. The number of aromatic nitrogens is 1. The zero-order chi connectivity index (χ0) is 12.3. The summed E-state index contributed by atoms with van der Waals surface area (Å²) < 4.78 is 3.43. The normalized spacial score (nSPS) is 10.2. The van der Waals surface area contributed by atoms with Crippen LogP contribution in [0.5, 0.6) is 0 Å². The van der Waals surface area contributed by atoms with Gasteiger partial charge in [0.2, 0.25) is 0 Å².